The highest BCUT2D eigenvalue weighted by molar-refractivity contribution is 5.35. The van der Waals surface area contributed by atoms with Gasteiger partial charge in [-0.3, -0.25) is 0 Å². The van der Waals surface area contributed by atoms with E-state index in [4.69, 9.17) is 0 Å². The van der Waals surface area contributed by atoms with Crippen LogP contribution in [0.25, 0.3) is 0 Å². The average molecular weight is 289 g/mol. The lowest BCUT2D eigenvalue weighted by molar-refractivity contribution is 0.632. The first kappa shape index (κ1) is 18.3. The summed E-state index contributed by atoms with van der Waals surface area (Å²) in [6.07, 6.45) is 7.72. The number of hydrogen-bond donors (Lipinski definition) is 0. The molecule has 0 fully saturated rings. The molecule has 0 heteroatoms. The fourth-order valence-electron chi connectivity index (χ4n) is 3.35. The largest absolute Gasteiger partial charge is 0.0654 e. The van der Waals surface area contributed by atoms with Crippen LogP contribution in [0.1, 0.15) is 115 Å². The minimum absolute atomic E-state index is 0.691. The molecule has 0 aliphatic rings. The van der Waals surface area contributed by atoms with E-state index in [0.29, 0.717) is 17.8 Å². The minimum Gasteiger partial charge on any atom is -0.0654 e. The average Bonchev–Trinajstić information content (AvgIpc) is 2.47. The lowest BCUT2D eigenvalue weighted by Crippen LogP contribution is -2.03. The molecule has 0 spiro atoms. The highest BCUT2D eigenvalue weighted by Gasteiger charge is 2.14. The Bertz CT molecular complexity index is 330. The van der Waals surface area contributed by atoms with Crippen molar-refractivity contribution in [3.8, 4) is 0 Å². The van der Waals surface area contributed by atoms with Gasteiger partial charge in [-0.15, -0.1) is 0 Å². The Kier molecular flexibility index (Phi) is 8.07. The summed E-state index contributed by atoms with van der Waals surface area (Å²) in [5.74, 6) is 2.07. The molecule has 0 amide bonds. The van der Waals surface area contributed by atoms with Crippen LogP contribution < -0.4 is 0 Å². The summed E-state index contributed by atoms with van der Waals surface area (Å²) < 4.78 is 0. The van der Waals surface area contributed by atoms with Crippen LogP contribution >= 0.6 is 0 Å². The second kappa shape index (κ2) is 9.28. The van der Waals surface area contributed by atoms with Crippen molar-refractivity contribution in [3.63, 3.8) is 0 Å². The highest BCUT2D eigenvalue weighted by atomic mass is 14.2. The van der Waals surface area contributed by atoms with Gasteiger partial charge in [-0.1, -0.05) is 79.0 Å². The van der Waals surface area contributed by atoms with Crippen molar-refractivity contribution in [2.24, 2.45) is 0 Å². The van der Waals surface area contributed by atoms with Crippen molar-refractivity contribution >= 4 is 0 Å². The van der Waals surface area contributed by atoms with Gasteiger partial charge in [0.2, 0.25) is 0 Å². The fourth-order valence-corrected chi connectivity index (χ4v) is 3.35. The first-order valence-corrected chi connectivity index (χ1v) is 9.18. The maximum atomic E-state index is 2.49. The molecule has 3 atom stereocenters. The van der Waals surface area contributed by atoms with Crippen LogP contribution in [0.3, 0.4) is 0 Å². The van der Waals surface area contributed by atoms with E-state index in [1.54, 1.807) is 16.7 Å². The van der Waals surface area contributed by atoms with Crippen LogP contribution in [0.15, 0.2) is 18.2 Å². The van der Waals surface area contributed by atoms with Crippen LogP contribution in [0.2, 0.25) is 0 Å². The topological polar surface area (TPSA) is 0 Å². The molecular formula is C21H36. The Hall–Kier alpha value is -0.780. The van der Waals surface area contributed by atoms with E-state index in [1.165, 1.54) is 38.5 Å². The smallest absolute Gasteiger partial charge is 0.0190 e. The van der Waals surface area contributed by atoms with Gasteiger partial charge in [0.25, 0.3) is 0 Å². The predicted octanol–water partition coefficient (Wildman–Crippen LogP) is 7.40. The molecule has 0 nitrogen and oxygen atoms in total. The standard InChI is InChI=1S/C21H36/c1-7-10-16(4)19-13-20(17(5)11-8-2)15-21(14-19)18(6)12-9-3/h13-18H,7-12H2,1-6H3. The Morgan fingerprint density at radius 2 is 0.810 bits per heavy atom. The molecule has 1 rings (SSSR count). The van der Waals surface area contributed by atoms with Gasteiger partial charge in [0.05, 0.1) is 0 Å². The molecule has 1 aromatic carbocycles. The van der Waals surface area contributed by atoms with E-state index >= 15 is 0 Å². The van der Waals surface area contributed by atoms with Gasteiger partial charge in [-0.05, 0) is 53.7 Å². The molecule has 21 heavy (non-hydrogen) atoms. The summed E-state index contributed by atoms with van der Waals surface area (Å²) in [7, 11) is 0. The van der Waals surface area contributed by atoms with Gasteiger partial charge in [0.15, 0.2) is 0 Å². The van der Waals surface area contributed by atoms with E-state index in [1.807, 2.05) is 0 Å². The Labute approximate surface area is 133 Å². The van der Waals surface area contributed by atoms with Crippen LogP contribution in [0.4, 0.5) is 0 Å². The van der Waals surface area contributed by atoms with Crippen molar-refractivity contribution < 1.29 is 0 Å². The number of hydrogen-bond acceptors (Lipinski definition) is 0. The molecule has 0 aromatic heterocycles. The first-order chi connectivity index (χ1) is 10.0. The van der Waals surface area contributed by atoms with Crippen molar-refractivity contribution in [2.45, 2.75) is 97.8 Å². The van der Waals surface area contributed by atoms with Gasteiger partial charge in [-0.2, -0.15) is 0 Å². The molecule has 1 aromatic rings. The number of benzene rings is 1. The second-order valence-electron chi connectivity index (χ2n) is 7.00. The molecule has 0 aliphatic heterocycles. The monoisotopic (exact) mass is 288 g/mol. The van der Waals surface area contributed by atoms with Crippen LogP contribution in [0.5, 0.6) is 0 Å². The van der Waals surface area contributed by atoms with Gasteiger partial charge >= 0.3 is 0 Å². The second-order valence-corrected chi connectivity index (χ2v) is 7.00. The van der Waals surface area contributed by atoms with E-state index in [0.717, 1.165) is 0 Å². The zero-order valence-corrected chi connectivity index (χ0v) is 15.2. The normalized spacial score (nSPS) is 15.7. The van der Waals surface area contributed by atoms with Crippen molar-refractivity contribution in [3.05, 3.63) is 34.9 Å². The quantitative estimate of drug-likeness (QED) is 0.444. The lowest BCUT2D eigenvalue weighted by atomic mass is 9.85. The maximum absolute atomic E-state index is 2.49. The SMILES string of the molecule is CCCC(C)c1cc(C(C)CCC)cc(C(C)CCC)c1. The molecule has 120 valence electrons. The van der Waals surface area contributed by atoms with Gasteiger partial charge in [0.1, 0.15) is 0 Å². The molecule has 0 heterocycles. The third-order valence-corrected chi connectivity index (χ3v) is 4.87. The molecule has 0 aliphatic carbocycles. The molecule has 0 N–H and O–H groups in total. The van der Waals surface area contributed by atoms with Crippen LogP contribution in [-0.2, 0) is 0 Å². The summed E-state index contributed by atoms with van der Waals surface area (Å²) in [5, 5.41) is 0. The van der Waals surface area contributed by atoms with E-state index < -0.39 is 0 Å². The van der Waals surface area contributed by atoms with E-state index in [9.17, 15) is 0 Å². The predicted molar refractivity (Wildman–Crippen MR) is 96.4 cm³/mol. The lowest BCUT2D eigenvalue weighted by Gasteiger charge is -2.21. The summed E-state index contributed by atoms with van der Waals surface area (Å²) in [5.41, 5.74) is 4.70. The molecule has 0 radical (unpaired) electrons. The van der Waals surface area contributed by atoms with Crippen molar-refractivity contribution in [1.29, 1.82) is 0 Å². The minimum atomic E-state index is 0.691. The molecule has 0 bridgehead atoms. The highest BCUT2D eigenvalue weighted by Crippen LogP contribution is 2.32. The Morgan fingerprint density at radius 1 is 0.571 bits per heavy atom. The van der Waals surface area contributed by atoms with E-state index in [-0.39, 0.29) is 0 Å². The van der Waals surface area contributed by atoms with Gasteiger partial charge in [0, 0.05) is 0 Å². The van der Waals surface area contributed by atoms with Crippen LogP contribution in [-0.4, -0.2) is 0 Å². The maximum Gasteiger partial charge on any atom is -0.0190 e. The fraction of sp³-hybridized carbons (Fsp3) is 0.714. The zero-order chi connectivity index (χ0) is 15.8. The van der Waals surface area contributed by atoms with E-state index in [2.05, 4.69) is 59.7 Å². The molecule has 0 saturated heterocycles. The Balaban J connectivity index is 3.12. The summed E-state index contributed by atoms with van der Waals surface area (Å²) in [4.78, 5) is 0. The van der Waals surface area contributed by atoms with Crippen molar-refractivity contribution in [2.75, 3.05) is 0 Å². The van der Waals surface area contributed by atoms with Crippen molar-refractivity contribution in [1.82, 2.24) is 0 Å². The number of rotatable bonds is 9. The third-order valence-electron chi connectivity index (χ3n) is 4.87. The summed E-state index contributed by atoms with van der Waals surface area (Å²) >= 11 is 0. The van der Waals surface area contributed by atoms with Crippen LogP contribution in [0, 0.1) is 0 Å². The van der Waals surface area contributed by atoms with Gasteiger partial charge in [-0.25, -0.2) is 0 Å². The Morgan fingerprint density at radius 3 is 1.00 bits per heavy atom. The first-order valence-electron chi connectivity index (χ1n) is 9.18. The third kappa shape index (κ3) is 5.49. The molecule has 3 unspecified atom stereocenters. The summed E-state index contributed by atoms with van der Waals surface area (Å²) in [6, 6.07) is 7.47. The van der Waals surface area contributed by atoms with Gasteiger partial charge < -0.3 is 0 Å². The molecular weight excluding hydrogens is 252 g/mol. The zero-order valence-electron chi connectivity index (χ0n) is 15.2. The summed E-state index contributed by atoms with van der Waals surface area (Å²) in [6.45, 7) is 14.0. The molecule has 0 saturated carbocycles.